The number of hydrogen-bond donors (Lipinski definition) is 2. The van der Waals surface area contributed by atoms with Crippen LogP contribution in [0.4, 0.5) is 11.4 Å². The Morgan fingerprint density at radius 3 is 2.55 bits per heavy atom. The third-order valence-corrected chi connectivity index (χ3v) is 4.88. The zero-order valence-corrected chi connectivity index (χ0v) is 12.6. The lowest BCUT2D eigenvalue weighted by Gasteiger charge is -2.48. The van der Waals surface area contributed by atoms with Gasteiger partial charge in [-0.1, -0.05) is 12.1 Å². The average molecular weight is 275 g/mol. The standard InChI is InChI=1S/C16H25N3O/c1-12(2)18-10-8-16(3,9-11-18)19-14-7-5-4-6-13(14)17-15(19)20/h4-7,12,15,17,20H,8-11H2,1-3H3. The highest BCUT2D eigenvalue weighted by Gasteiger charge is 2.42. The molecule has 110 valence electrons. The van der Waals surface area contributed by atoms with E-state index in [-0.39, 0.29) is 5.54 Å². The van der Waals surface area contributed by atoms with Crippen LogP contribution in [0, 0.1) is 0 Å². The molecule has 2 aliphatic heterocycles. The lowest BCUT2D eigenvalue weighted by atomic mass is 9.87. The summed E-state index contributed by atoms with van der Waals surface area (Å²) in [6.07, 6.45) is 1.55. The molecule has 0 saturated carbocycles. The topological polar surface area (TPSA) is 38.7 Å². The molecule has 4 heteroatoms. The Kier molecular flexibility index (Phi) is 3.38. The predicted molar refractivity (Wildman–Crippen MR) is 82.9 cm³/mol. The van der Waals surface area contributed by atoms with Gasteiger partial charge >= 0.3 is 0 Å². The van der Waals surface area contributed by atoms with Crippen molar-refractivity contribution in [3.8, 4) is 0 Å². The summed E-state index contributed by atoms with van der Waals surface area (Å²) in [7, 11) is 0. The van der Waals surface area contributed by atoms with Gasteiger partial charge < -0.3 is 20.2 Å². The number of nitrogens with one attached hydrogen (secondary N) is 1. The number of rotatable bonds is 2. The van der Waals surface area contributed by atoms with E-state index in [1.54, 1.807) is 0 Å². The molecule has 1 aromatic carbocycles. The van der Waals surface area contributed by atoms with Gasteiger partial charge in [-0.05, 0) is 45.7 Å². The highest BCUT2D eigenvalue weighted by atomic mass is 16.3. The Balaban J connectivity index is 1.83. The molecule has 0 aromatic heterocycles. The molecule has 1 aromatic rings. The summed E-state index contributed by atoms with van der Waals surface area (Å²) in [5, 5.41) is 13.6. The lowest BCUT2D eigenvalue weighted by molar-refractivity contribution is 0.102. The van der Waals surface area contributed by atoms with Crippen LogP contribution in [0.3, 0.4) is 0 Å². The zero-order valence-electron chi connectivity index (χ0n) is 12.6. The van der Waals surface area contributed by atoms with Crippen LogP contribution >= 0.6 is 0 Å². The number of nitrogens with zero attached hydrogens (tertiary/aromatic N) is 2. The summed E-state index contributed by atoms with van der Waals surface area (Å²) in [6.45, 7) is 8.98. The minimum absolute atomic E-state index is 0.0183. The van der Waals surface area contributed by atoms with Crippen LogP contribution in [-0.2, 0) is 0 Å². The molecule has 0 radical (unpaired) electrons. The maximum atomic E-state index is 10.4. The number of aliphatic hydroxyl groups is 1. The van der Waals surface area contributed by atoms with Gasteiger partial charge in [-0.15, -0.1) is 0 Å². The molecule has 0 amide bonds. The van der Waals surface area contributed by atoms with E-state index in [0.29, 0.717) is 6.04 Å². The molecule has 1 atom stereocenters. The van der Waals surface area contributed by atoms with Crippen LogP contribution in [0.1, 0.15) is 33.6 Å². The Labute approximate surface area is 121 Å². The predicted octanol–water partition coefficient (Wildman–Crippen LogP) is 2.46. The number of piperidine rings is 1. The Hall–Kier alpha value is -1.26. The van der Waals surface area contributed by atoms with Gasteiger partial charge in [0.1, 0.15) is 0 Å². The molecule has 2 N–H and O–H groups in total. The van der Waals surface area contributed by atoms with Crippen molar-refractivity contribution in [3.63, 3.8) is 0 Å². The summed E-state index contributed by atoms with van der Waals surface area (Å²) < 4.78 is 0. The van der Waals surface area contributed by atoms with Crippen molar-refractivity contribution in [1.29, 1.82) is 0 Å². The quantitative estimate of drug-likeness (QED) is 0.869. The molecule has 1 unspecified atom stereocenters. The van der Waals surface area contributed by atoms with E-state index in [1.165, 1.54) is 0 Å². The summed E-state index contributed by atoms with van der Waals surface area (Å²) in [5.74, 6) is 0. The van der Waals surface area contributed by atoms with Gasteiger partial charge in [0.25, 0.3) is 0 Å². The monoisotopic (exact) mass is 275 g/mol. The van der Waals surface area contributed by atoms with E-state index < -0.39 is 6.35 Å². The summed E-state index contributed by atoms with van der Waals surface area (Å²) in [5.41, 5.74) is 2.18. The Morgan fingerprint density at radius 2 is 1.90 bits per heavy atom. The van der Waals surface area contributed by atoms with Crippen LogP contribution in [0.5, 0.6) is 0 Å². The van der Waals surface area contributed by atoms with Crippen LogP contribution in [0.25, 0.3) is 0 Å². The van der Waals surface area contributed by atoms with Gasteiger partial charge in [0.2, 0.25) is 6.35 Å². The fourth-order valence-corrected chi connectivity index (χ4v) is 3.49. The number of fused-ring (bicyclic) bond motifs is 1. The van der Waals surface area contributed by atoms with E-state index >= 15 is 0 Å². The zero-order chi connectivity index (χ0) is 14.3. The lowest BCUT2D eigenvalue weighted by Crippen LogP contribution is -2.58. The highest BCUT2D eigenvalue weighted by molar-refractivity contribution is 5.76. The van der Waals surface area contributed by atoms with Gasteiger partial charge in [0.15, 0.2) is 0 Å². The van der Waals surface area contributed by atoms with Crippen molar-refractivity contribution in [2.24, 2.45) is 0 Å². The van der Waals surface area contributed by atoms with Crippen LogP contribution < -0.4 is 10.2 Å². The second-order valence-corrected chi connectivity index (χ2v) is 6.53. The van der Waals surface area contributed by atoms with Crippen LogP contribution in [-0.4, -0.2) is 41.0 Å². The maximum Gasteiger partial charge on any atom is 0.205 e. The first-order valence-corrected chi connectivity index (χ1v) is 7.58. The molecule has 2 aliphatic rings. The maximum absolute atomic E-state index is 10.4. The second kappa shape index (κ2) is 4.93. The normalized spacial score (nSPS) is 25.6. The number of benzene rings is 1. The smallest absolute Gasteiger partial charge is 0.205 e. The third kappa shape index (κ3) is 2.17. The first kappa shape index (κ1) is 13.7. The molecule has 20 heavy (non-hydrogen) atoms. The minimum Gasteiger partial charge on any atom is -0.356 e. The van der Waals surface area contributed by atoms with Gasteiger partial charge in [-0.25, -0.2) is 0 Å². The van der Waals surface area contributed by atoms with Gasteiger partial charge in [-0.3, -0.25) is 0 Å². The third-order valence-electron chi connectivity index (χ3n) is 4.88. The molecule has 4 nitrogen and oxygen atoms in total. The molecule has 2 heterocycles. The van der Waals surface area contributed by atoms with Crippen molar-refractivity contribution in [1.82, 2.24) is 4.90 Å². The van der Waals surface area contributed by atoms with Crippen molar-refractivity contribution in [3.05, 3.63) is 24.3 Å². The Morgan fingerprint density at radius 1 is 1.25 bits per heavy atom. The SMILES string of the molecule is CC(C)N1CCC(C)(N2c3ccccc3NC2O)CC1. The number of aliphatic hydroxyl groups excluding tert-OH is 1. The molecule has 0 aliphatic carbocycles. The molecule has 1 fully saturated rings. The number of para-hydroxylation sites is 2. The summed E-state index contributed by atoms with van der Waals surface area (Å²) in [4.78, 5) is 4.68. The summed E-state index contributed by atoms with van der Waals surface area (Å²) in [6, 6.07) is 8.78. The number of anilines is 2. The minimum atomic E-state index is -0.608. The van der Waals surface area contributed by atoms with E-state index in [0.717, 1.165) is 37.3 Å². The highest BCUT2D eigenvalue weighted by Crippen LogP contribution is 2.42. The number of likely N-dealkylation sites (tertiary alicyclic amines) is 1. The van der Waals surface area contributed by atoms with Crippen LogP contribution in [0.15, 0.2) is 24.3 Å². The molecule has 3 rings (SSSR count). The van der Waals surface area contributed by atoms with Gasteiger partial charge in [-0.2, -0.15) is 0 Å². The van der Waals surface area contributed by atoms with Crippen molar-refractivity contribution >= 4 is 11.4 Å². The molecular formula is C16H25N3O. The molecule has 1 saturated heterocycles. The molecule has 0 spiro atoms. The van der Waals surface area contributed by atoms with Crippen molar-refractivity contribution in [2.45, 2.75) is 51.5 Å². The van der Waals surface area contributed by atoms with Crippen molar-refractivity contribution < 1.29 is 5.11 Å². The fourth-order valence-electron chi connectivity index (χ4n) is 3.49. The van der Waals surface area contributed by atoms with Gasteiger partial charge in [0, 0.05) is 24.7 Å². The van der Waals surface area contributed by atoms with E-state index in [9.17, 15) is 5.11 Å². The van der Waals surface area contributed by atoms with E-state index in [1.807, 2.05) is 18.2 Å². The first-order chi connectivity index (χ1) is 9.51. The largest absolute Gasteiger partial charge is 0.356 e. The molecular weight excluding hydrogens is 250 g/mol. The molecule has 0 bridgehead atoms. The van der Waals surface area contributed by atoms with Gasteiger partial charge in [0.05, 0.1) is 11.4 Å². The van der Waals surface area contributed by atoms with Crippen molar-refractivity contribution in [2.75, 3.05) is 23.3 Å². The summed E-state index contributed by atoms with van der Waals surface area (Å²) >= 11 is 0. The van der Waals surface area contributed by atoms with Crippen LogP contribution in [0.2, 0.25) is 0 Å². The number of hydrogen-bond acceptors (Lipinski definition) is 4. The van der Waals surface area contributed by atoms with E-state index in [4.69, 9.17) is 0 Å². The first-order valence-electron chi connectivity index (χ1n) is 7.58. The fraction of sp³-hybridized carbons (Fsp3) is 0.625. The Bertz CT molecular complexity index is 480. The second-order valence-electron chi connectivity index (χ2n) is 6.53. The average Bonchev–Trinajstić information content (AvgIpc) is 2.75. The van der Waals surface area contributed by atoms with E-state index in [2.05, 4.69) is 42.0 Å².